The minimum atomic E-state index is -0.119. The Morgan fingerprint density at radius 2 is 1.85 bits per heavy atom. The lowest BCUT2D eigenvalue weighted by Crippen LogP contribution is -2.43. The van der Waals surface area contributed by atoms with Crippen LogP contribution in [0.5, 0.6) is 0 Å². The predicted octanol–water partition coefficient (Wildman–Crippen LogP) is 1.93. The molecule has 1 N–H and O–H groups in total. The standard InChI is InChI=1S/C16H24N2O2/c1-13(16(19)18-9-3-4-10-18)17-11-14-5-7-15(8-6-14)12-20-2/h5-8,13,17H,3-4,9-12H2,1-2H3. The fourth-order valence-electron chi connectivity index (χ4n) is 2.49. The third kappa shape index (κ3) is 4.05. The second-order valence-corrected chi connectivity index (χ2v) is 5.38. The fraction of sp³-hybridized carbons (Fsp3) is 0.562. The van der Waals surface area contributed by atoms with E-state index in [0.717, 1.165) is 31.5 Å². The van der Waals surface area contributed by atoms with Gasteiger partial charge in [-0.3, -0.25) is 4.79 Å². The van der Waals surface area contributed by atoms with E-state index < -0.39 is 0 Å². The van der Waals surface area contributed by atoms with E-state index in [2.05, 4.69) is 29.6 Å². The number of amides is 1. The molecular formula is C16H24N2O2. The minimum absolute atomic E-state index is 0.119. The normalized spacial score (nSPS) is 16.4. The van der Waals surface area contributed by atoms with Gasteiger partial charge in [-0.25, -0.2) is 0 Å². The molecule has 0 bridgehead atoms. The maximum atomic E-state index is 12.2. The van der Waals surface area contributed by atoms with Gasteiger partial charge in [-0.05, 0) is 30.9 Å². The van der Waals surface area contributed by atoms with Gasteiger partial charge in [-0.2, -0.15) is 0 Å². The van der Waals surface area contributed by atoms with Gasteiger partial charge in [0.1, 0.15) is 0 Å². The zero-order valence-corrected chi connectivity index (χ0v) is 12.4. The topological polar surface area (TPSA) is 41.6 Å². The van der Waals surface area contributed by atoms with Crippen molar-refractivity contribution in [3.05, 3.63) is 35.4 Å². The summed E-state index contributed by atoms with van der Waals surface area (Å²) >= 11 is 0. The molecule has 0 aromatic heterocycles. The maximum absolute atomic E-state index is 12.2. The fourth-order valence-corrected chi connectivity index (χ4v) is 2.49. The highest BCUT2D eigenvalue weighted by Crippen LogP contribution is 2.10. The highest BCUT2D eigenvalue weighted by atomic mass is 16.5. The van der Waals surface area contributed by atoms with Crippen LogP contribution in [0.4, 0.5) is 0 Å². The number of rotatable bonds is 6. The van der Waals surface area contributed by atoms with Crippen LogP contribution in [-0.4, -0.2) is 37.0 Å². The molecule has 4 nitrogen and oxygen atoms in total. The Bertz CT molecular complexity index is 425. The molecule has 0 saturated carbocycles. The molecule has 0 spiro atoms. The summed E-state index contributed by atoms with van der Waals surface area (Å²) in [6.07, 6.45) is 2.28. The van der Waals surface area contributed by atoms with Crippen LogP contribution in [-0.2, 0) is 22.7 Å². The van der Waals surface area contributed by atoms with E-state index in [9.17, 15) is 4.79 Å². The van der Waals surface area contributed by atoms with Gasteiger partial charge in [0.2, 0.25) is 5.91 Å². The molecule has 1 aromatic carbocycles. The van der Waals surface area contributed by atoms with Crippen molar-refractivity contribution >= 4 is 5.91 Å². The van der Waals surface area contributed by atoms with Crippen molar-refractivity contribution in [1.82, 2.24) is 10.2 Å². The smallest absolute Gasteiger partial charge is 0.239 e. The van der Waals surface area contributed by atoms with Crippen molar-refractivity contribution in [2.75, 3.05) is 20.2 Å². The first-order chi connectivity index (χ1) is 9.70. The molecule has 1 saturated heterocycles. The molecule has 20 heavy (non-hydrogen) atoms. The summed E-state index contributed by atoms with van der Waals surface area (Å²) in [5.41, 5.74) is 2.35. The van der Waals surface area contributed by atoms with E-state index in [-0.39, 0.29) is 11.9 Å². The molecule has 1 fully saturated rings. The molecule has 0 aliphatic carbocycles. The number of ether oxygens (including phenoxy) is 1. The summed E-state index contributed by atoms with van der Waals surface area (Å²) < 4.78 is 5.09. The number of nitrogens with zero attached hydrogens (tertiary/aromatic N) is 1. The van der Waals surface area contributed by atoms with Crippen LogP contribution < -0.4 is 5.32 Å². The number of hydrogen-bond donors (Lipinski definition) is 1. The maximum Gasteiger partial charge on any atom is 0.239 e. The zero-order valence-electron chi connectivity index (χ0n) is 12.4. The summed E-state index contributed by atoms with van der Waals surface area (Å²) in [6.45, 7) is 5.12. The highest BCUT2D eigenvalue weighted by molar-refractivity contribution is 5.81. The van der Waals surface area contributed by atoms with Crippen molar-refractivity contribution in [3.63, 3.8) is 0 Å². The van der Waals surface area contributed by atoms with E-state index in [0.29, 0.717) is 13.2 Å². The Balaban J connectivity index is 1.80. The molecule has 1 aromatic rings. The number of carbonyl (C=O) groups excluding carboxylic acids is 1. The number of hydrogen-bond acceptors (Lipinski definition) is 3. The van der Waals surface area contributed by atoms with Crippen LogP contribution in [0.15, 0.2) is 24.3 Å². The molecule has 110 valence electrons. The highest BCUT2D eigenvalue weighted by Gasteiger charge is 2.22. The molecule has 2 rings (SSSR count). The third-order valence-electron chi connectivity index (χ3n) is 3.73. The van der Waals surface area contributed by atoms with Crippen molar-refractivity contribution in [1.29, 1.82) is 0 Å². The van der Waals surface area contributed by atoms with Gasteiger partial charge in [0.05, 0.1) is 12.6 Å². The van der Waals surface area contributed by atoms with E-state index in [1.165, 1.54) is 5.56 Å². The molecule has 1 heterocycles. The van der Waals surface area contributed by atoms with Gasteiger partial charge in [0.25, 0.3) is 0 Å². The van der Waals surface area contributed by atoms with Gasteiger partial charge in [0.15, 0.2) is 0 Å². The Kier molecular flexibility index (Phi) is 5.56. The summed E-state index contributed by atoms with van der Waals surface area (Å²) in [5.74, 6) is 0.221. The van der Waals surface area contributed by atoms with E-state index in [4.69, 9.17) is 4.74 Å². The molecule has 1 aliphatic heterocycles. The number of nitrogens with one attached hydrogen (secondary N) is 1. The van der Waals surface area contributed by atoms with Crippen LogP contribution in [0.1, 0.15) is 30.9 Å². The Hall–Kier alpha value is -1.39. The molecule has 1 amide bonds. The summed E-state index contributed by atoms with van der Waals surface area (Å²) in [6, 6.07) is 8.16. The van der Waals surface area contributed by atoms with Gasteiger partial charge in [0, 0.05) is 26.7 Å². The second-order valence-electron chi connectivity index (χ2n) is 5.38. The Labute approximate surface area is 121 Å². The minimum Gasteiger partial charge on any atom is -0.380 e. The SMILES string of the molecule is COCc1ccc(CNC(C)C(=O)N2CCCC2)cc1. The lowest BCUT2D eigenvalue weighted by atomic mass is 10.1. The molecule has 1 atom stereocenters. The van der Waals surface area contributed by atoms with Crippen LogP contribution >= 0.6 is 0 Å². The van der Waals surface area contributed by atoms with Crippen LogP contribution in [0, 0.1) is 0 Å². The number of carbonyl (C=O) groups is 1. The first-order valence-electron chi connectivity index (χ1n) is 7.29. The summed E-state index contributed by atoms with van der Waals surface area (Å²) in [7, 11) is 1.70. The van der Waals surface area contributed by atoms with E-state index in [1.807, 2.05) is 11.8 Å². The predicted molar refractivity (Wildman–Crippen MR) is 79.3 cm³/mol. The van der Waals surface area contributed by atoms with Crippen LogP contribution in [0.25, 0.3) is 0 Å². The Morgan fingerprint density at radius 1 is 1.25 bits per heavy atom. The quantitative estimate of drug-likeness (QED) is 0.863. The second kappa shape index (κ2) is 7.41. The van der Waals surface area contributed by atoms with Crippen LogP contribution in [0.3, 0.4) is 0 Å². The average molecular weight is 276 g/mol. The van der Waals surface area contributed by atoms with Crippen molar-refractivity contribution in [3.8, 4) is 0 Å². The van der Waals surface area contributed by atoms with Crippen molar-refractivity contribution in [2.45, 2.75) is 39.0 Å². The van der Waals surface area contributed by atoms with Gasteiger partial charge in [-0.1, -0.05) is 24.3 Å². The van der Waals surface area contributed by atoms with Crippen LogP contribution in [0.2, 0.25) is 0 Å². The monoisotopic (exact) mass is 276 g/mol. The van der Waals surface area contributed by atoms with Gasteiger partial charge < -0.3 is 15.0 Å². The molecule has 0 radical (unpaired) electrons. The van der Waals surface area contributed by atoms with Gasteiger partial charge >= 0.3 is 0 Å². The molecule has 1 aliphatic rings. The average Bonchev–Trinajstić information content (AvgIpc) is 3.00. The lowest BCUT2D eigenvalue weighted by Gasteiger charge is -2.21. The largest absolute Gasteiger partial charge is 0.380 e. The first-order valence-corrected chi connectivity index (χ1v) is 7.29. The van der Waals surface area contributed by atoms with E-state index in [1.54, 1.807) is 7.11 Å². The molecular weight excluding hydrogens is 252 g/mol. The molecule has 1 unspecified atom stereocenters. The summed E-state index contributed by atoms with van der Waals surface area (Å²) in [4.78, 5) is 14.1. The summed E-state index contributed by atoms with van der Waals surface area (Å²) in [5, 5.41) is 3.30. The zero-order chi connectivity index (χ0) is 14.4. The Morgan fingerprint density at radius 3 is 2.45 bits per heavy atom. The number of benzene rings is 1. The first kappa shape index (κ1) is 15.0. The van der Waals surface area contributed by atoms with Crippen molar-refractivity contribution in [2.24, 2.45) is 0 Å². The molecule has 4 heteroatoms. The number of likely N-dealkylation sites (tertiary alicyclic amines) is 1. The number of methoxy groups -OCH3 is 1. The van der Waals surface area contributed by atoms with E-state index >= 15 is 0 Å². The van der Waals surface area contributed by atoms with Crippen molar-refractivity contribution < 1.29 is 9.53 Å². The third-order valence-corrected chi connectivity index (χ3v) is 3.73. The van der Waals surface area contributed by atoms with Gasteiger partial charge in [-0.15, -0.1) is 0 Å². The lowest BCUT2D eigenvalue weighted by molar-refractivity contribution is -0.131.